The fourth-order valence-corrected chi connectivity index (χ4v) is 4.06. The van der Waals surface area contributed by atoms with Gasteiger partial charge in [-0.05, 0) is 61.4 Å². The second kappa shape index (κ2) is 8.92. The summed E-state index contributed by atoms with van der Waals surface area (Å²) in [6, 6.07) is 21.1. The van der Waals surface area contributed by atoms with Gasteiger partial charge in [-0.15, -0.1) is 0 Å². The Labute approximate surface area is 167 Å². The predicted octanol–water partition coefficient (Wildman–Crippen LogP) is 5.79. The van der Waals surface area contributed by atoms with Gasteiger partial charge >= 0.3 is 0 Å². The Hall–Kier alpha value is -2.81. The molecular weight excluding hydrogens is 346 g/mol. The Kier molecular flexibility index (Phi) is 5.91. The Balaban J connectivity index is 1.74. The van der Waals surface area contributed by atoms with Crippen molar-refractivity contribution in [3.63, 3.8) is 0 Å². The fraction of sp³-hybridized carbons (Fsp3) is 0.320. The molecule has 1 aromatic heterocycles. The second-order valence-corrected chi connectivity index (χ2v) is 7.45. The molecule has 1 atom stereocenters. The van der Waals surface area contributed by atoms with Crippen molar-refractivity contribution in [2.45, 2.75) is 44.1 Å². The van der Waals surface area contributed by atoms with Crippen LogP contribution in [-0.2, 0) is 6.42 Å². The van der Waals surface area contributed by atoms with Gasteiger partial charge in [0.25, 0.3) is 0 Å². The Morgan fingerprint density at radius 2 is 1.71 bits per heavy atom. The van der Waals surface area contributed by atoms with Crippen LogP contribution >= 0.6 is 0 Å². The molecule has 3 nitrogen and oxygen atoms in total. The van der Waals surface area contributed by atoms with Crippen molar-refractivity contribution in [3.05, 3.63) is 89.7 Å². The van der Waals surface area contributed by atoms with Gasteiger partial charge < -0.3 is 9.47 Å². The maximum absolute atomic E-state index is 6.50. The number of methoxy groups -OCH3 is 1. The molecular formula is C25H27NO2. The monoisotopic (exact) mass is 373 g/mol. The van der Waals surface area contributed by atoms with E-state index >= 15 is 0 Å². The molecule has 144 valence electrons. The Morgan fingerprint density at radius 1 is 0.964 bits per heavy atom. The summed E-state index contributed by atoms with van der Waals surface area (Å²) in [5.41, 5.74) is 3.78. The van der Waals surface area contributed by atoms with Crippen molar-refractivity contribution in [2.75, 3.05) is 7.11 Å². The molecule has 4 rings (SSSR count). The lowest BCUT2D eigenvalue weighted by Gasteiger charge is -2.24. The molecule has 1 aliphatic rings. The zero-order valence-electron chi connectivity index (χ0n) is 16.4. The maximum Gasteiger partial charge on any atom is 0.127 e. The van der Waals surface area contributed by atoms with E-state index in [-0.39, 0.29) is 5.92 Å². The highest BCUT2D eigenvalue weighted by Gasteiger charge is 2.23. The highest BCUT2D eigenvalue weighted by molar-refractivity contribution is 5.47. The first kappa shape index (κ1) is 18.5. The first-order chi connectivity index (χ1) is 13.8. The molecule has 1 heterocycles. The van der Waals surface area contributed by atoms with Crippen LogP contribution in [0.5, 0.6) is 11.5 Å². The lowest BCUT2D eigenvalue weighted by Crippen LogP contribution is -2.14. The van der Waals surface area contributed by atoms with Crippen LogP contribution in [0.2, 0.25) is 0 Å². The smallest absolute Gasteiger partial charge is 0.127 e. The second-order valence-electron chi connectivity index (χ2n) is 7.45. The molecule has 3 heteroatoms. The first-order valence-electron chi connectivity index (χ1n) is 10.1. The first-order valence-corrected chi connectivity index (χ1v) is 10.1. The minimum atomic E-state index is 0.214. The summed E-state index contributed by atoms with van der Waals surface area (Å²) >= 11 is 0. The summed E-state index contributed by atoms with van der Waals surface area (Å²) < 4.78 is 12.0. The molecule has 0 unspecified atom stereocenters. The zero-order valence-corrected chi connectivity index (χ0v) is 16.4. The molecule has 1 aliphatic carbocycles. The third-order valence-corrected chi connectivity index (χ3v) is 5.58. The van der Waals surface area contributed by atoms with E-state index in [0.29, 0.717) is 6.10 Å². The van der Waals surface area contributed by atoms with E-state index in [1.54, 1.807) is 7.11 Å². The molecule has 28 heavy (non-hydrogen) atoms. The number of ether oxygens (including phenoxy) is 2. The minimum Gasteiger partial charge on any atom is -0.497 e. The zero-order chi connectivity index (χ0) is 19.2. The van der Waals surface area contributed by atoms with E-state index < -0.39 is 0 Å². The van der Waals surface area contributed by atoms with Gasteiger partial charge in [0.2, 0.25) is 0 Å². The number of pyridine rings is 1. The Morgan fingerprint density at radius 3 is 2.43 bits per heavy atom. The van der Waals surface area contributed by atoms with Crippen molar-refractivity contribution in [1.82, 2.24) is 4.98 Å². The number of aromatic nitrogens is 1. The van der Waals surface area contributed by atoms with Crippen LogP contribution in [0.15, 0.2) is 73.1 Å². The lowest BCUT2D eigenvalue weighted by atomic mass is 9.85. The van der Waals surface area contributed by atoms with Gasteiger partial charge in [0.15, 0.2) is 0 Å². The molecule has 1 fully saturated rings. The van der Waals surface area contributed by atoms with Gasteiger partial charge in [-0.25, -0.2) is 0 Å². The van der Waals surface area contributed by atoms with Crippen LogP contribution in [0, 0.1) is 0 Å². The molecule has 1 saturated carbocycles. The third kappa shape index (κ3) is 4.36. The summed E-state index contributed by atoms with van der Waals surface area (Å²) in [5.74, 6) is 2.01. The highest BCUT2D eigenvalue weighted by atomic mass is 16.5. The van der Waals surface area contributed by atoms with Crippen molar-refractivity contribution in [3.8, 4) is 11.5 Å². The number of nitrogens with zero attached hydrogens (tertiary/aromatic N) is 1. The summed E-state index contributed by atoms with van der Waals surface area (Å²) in [6.45, 7) is 0. The van der Waals surface area contributed by atoms with Crippen LogP contribution in [0.25, 0.3) is 0 Å². The molecule has 0 radical (unpaired) electrons. The predicted molar refractivity (Wildman–Crippen MR) is 112 cm³/mol. The highest BCUT2D eigenvalue weighted by Crippen LogP contribution is 2.38. The van der Waals surface area contributed by atoms with Crippen LogP contribution in [0.1, 0.15) is 48.3 Å². The minimum absolute atomic E-state index is 0.214. The van der Waals surface area contributed by atoms with Crippen LogP contribution in [-0.4, -0.2) is 18.2 Å². The molecule has 0 saturated heterocycles. The standard InChI is InChI=1S/C25H27NO2/c1-27-22-11-12-23(25(18-22)28-21-9-5-6-10-21)24(20-7-3-2-4-8-20)17-19-13-15-26-16-14-19/h2-4,7-8,11-16,18,21,24H,5-6,9-10,17H2,1H3/t24-/m1/s1. The molecule has 0 bridgehead atoms. The fourth-order valence-electron chi connectivity index (χ4n) is 4.06. The molecule has 2 aromatic carbocycles. The number of benzene rings is 2. The SMILES string of the molecule is COc1ccc([C@H](Cc2ccncc2)c2ccccc2)c(OC2CCCC2)c1. The van der Waals surface area contributed by atoms with Crippen LogP contribution in [0.4, 0.5) is 0 Å². The van der Waals surface area contributed by atoms with Gasteiger partial charge in [0, 0.05) is 29.9 Å². The third-order valence-electron chi connectivity index (χ3n) is 5.58. The van der Waals surface area contributed by atoms with E-state index in [1.165, 1.54) is 29.5 Å². The van der Waals surface area contributed by atoms with Gasteiger partial charge in [-0.2, -0.15) is 0 Å². The summed E-state index contributed by atoms with van der Waals surface area (Å²) in [7, 11) is 1.71. The number of hydrogen-bond donors (Lipinski definition) is 0. The topological polar surface area (TPSA) is 31.4 Å². The average Bonchev–Trinajstić information content (AvgIpc) is 3.27. The molecule has 0 aliphatic heterocycles. The van der Waals surface area contributed by atoms with Gasteiger partial charge in [0.1, 0.15) is 11.5 Å². The molecule has 3 aromatic rings. The molecule has 0 amide bonds. The summed E-state index contributed by atoms with van der Waals surface area (Å²) in [5, 5.41) is 0. The number of rotatable bonds is 7. The lowest BCUT2D eigenvalue weighted by molar-refractivity contribution is 0.206. The van der Waals surface area contributed by atoms with Crippen LogP contribution < -0.4 is 9.47 Å². The van der Waals surface area contributed by atoms with Crippen molar-refractivity contribution >= 4 is 0 Å². The van der Waals surface area contributed by atoms with E-state index in [9.17, 15) is 0 Å². The normalized spacial score (nSPS) is 15.3. The summed E-state index contributed by atoms with van der Waals surface area (Å²) in [4.78, 5) is 4.17. The average molecular weight is 373 g/mol. The maximum atomic E-state index is 6.50. The number of hydrogen-bond acceptors (Lipinski definition) is 3. The van der Waals surface area contributed by atoms with Gasteiger partial charge in [0.05, 0.1) is 13.2 Å². The van der Waals surface area contributed by atoms with Crippen molar-refractivity contribution in [2.24, 2.45) is 0 Å². The van der Waals surface area contributed by atoms with Gasteiger partial charge in [-0.3, -0.25) is 4.98 Å². The van der Waals surface area contributed by atoms with E-state index in [1.807, 2.05) is 18.5 Å². The van der Waals surface area contributed by atoms with Crippen molar-refractivity contribution in [1.29, 1.82) is 0 Å². The largest absolute Gasteiger partial charge is 0.497 e. The van der Waals surface area contributed by atoms with E-state index in [0.717, 1.165) is 30.8 Å². The van der Waals surface area contributed by atoms with Crippen LogP contribution in [0.3, 0.4) is 0 Å². The summed E-state index contributed by atoms with van der Waals surface area (Å²) in [6.07, 6.45) is 9.71. The van der Waals surface area contributed by atoms with Gasteiger partial charge in [-0.1, -0.05) is 36.4 Å². The molecule has 0 spiro atoms. The quantitative estimate of drug-likeness (QED) is 0.525. The molecule has 0 N–H and O–H groups in total. The Bertz CT molecular complexity index is 874. The van der Waals surface area contributed by atoms with E-state index in [4.69, 9.17) is 9.47 Å². The van der Waals surface area contributed by atoms with E-state index in [2.05, 4.69) is 59.6 Å². The van der Waals surface area contributed by atoms with Crippen molar-refractivity contribution < 1.29 is 9.47 Å².